The standard InChI is InChI=1S/C7H10N4O/c8-3-6-2-1-5(4-10-6)7(9)11-12/h1-2,4,12H,3,8H2,(H2,9,11). The van der Waals surface area contributed by atoms with Crippen molar-refractivity contribution in [2.24, 2.45) is 16.6 Å². The largest absolute Gasteiger partial charge is 0.409 e. The minimum absolute atomic E-state index is 0.0473. The van der Waals surface area contributed by atoms with E-state index in [9.17, 15) is 0 Å². The summed E-state index contributed by atoms with van der Waals surface area (Å²) in [4.78, 5) is 3.97. The second-order valence-corrected chi connectivity index (χ2v) is 2.23. The van der Waals surface area contributed by atoms with Crippen molar-refractivity contribution in [1.82, 2.24) is 4.98 Å². The minimum Gasteiger partial charge on any atom is -0.409 e. The molecular weight excluding hydrogens is 156 g/mol. The van der Waals surface area contributed by atoms with Gasteiger partial charge < -0.3 is 16.7 Å². The Balaban J connectivity index is 2.92. The topological polar surface area (TPSA) is 97.5 Å². The quantitative estimate of drug-likeness (QED) is 0.242. The first-order valence-electron chi connectivity index (χ1n) is 3.41. The lowest BCUT2D eigenvalue weighted by Gasteiger charge is -1.98. The number of rotatable bonds is 2. The molecule has 0 aliphatic carbocycles. The van der Waals surface area contributed by atoms with Crippen LogP contribution in [-0.2, 0) is 6.54 Å². The third-order valence-electron chi connectivity index (χ3n) is 1.44. The average molecular weight is 166 g/mol. The molecule has 5 nitrogen and oxygen atoms in total. The molecule has 0 saturated heterocycles. The highest BCUT2D eigenvalue weighted by molar-refractivity contribution is 5.96. The molecule has 0 bridgehead atoms. The summed E-state index contributed by atoms with van der Waals surface area (Å²) >= 11 is 0. The molecule has 0 radical (unpaired) electrons. The van der Waals surface area contributed by atoms with Crippen LogP contribution in [0.1, 0.15) is 11.3 Å². The lowest BCUT2D eigenvalue weighted by molar-refractivity contribution is 0.318. The number of oxime groups is 1. The first-order chi connectivity index (χ1) is 5.77. The summed E-state index contributed by atoms with van der Waals surface area (Å²) in [6.45, 7) is 0.385. The van der Waals surface area contributed by atoms with E-state index >= 15 is 0 Å². The van der Waals surface area contributed by atoms with Crippen molar-refractivity contribution in [1.29, 1.82) is 0 Å². The molecule has 1 heterocycles. The predicted octanol–water partition coefficient (Wildman–Crippen LogP) is -0.365. The highest BCUT2D eigenvalue weighted by Gasteiger charge is 1.98. The van der Waals surface area contributed by atoms with Gasteiger partial charge in [0.25, 0.3) is 0 Å². The Morgan fingerprint density at radius 1 is 1.58 bits per heavy atom. The maximum atomic E-state index is 8.33. The van der Waals surface area contributed by atoms with Crippen LogP contribution in [0.5, 0.6) is 0 Å². The Morgan fingerprint density at radius 2 is 2.33 bits per heavy atom. The molecule has 5 heteroatoms. The number of amidine groups is 1. The van der Waals surface area contributed by atoms with E-state index in [2.05, 4.69) is 10.1 Å². The first kappa shape index (κ1) is 8.48. The summed E-state index contributed by atoms with van der Waals surface area (Å²) in [6, 6.07) is 3.43. The van der Waals surface area contributed by atoms with Crippen LogP contribution in [0.3, 0.4) is 0 Å². The van der Waals surface area contributed by atoms with E-state index < -0.39 is 0 Å². The average Bonchev–Trinajstić information content (AvgIpc) is 2.17. The van der Waals surface area contributed by atoms with Crippen LogP contribution in [0.2, 0.25) is 0 Å². The number of nitrogens with two attached hydrogens (primary N) is 2. The van der Waals surface area contributed by atoms with Crippen molar-refractivity contribution in [2.75, 3.05) is 0 Å². The van der Waals surface area contributed by atoms with E-state index in [-0.39, 0.29) is 5.84 Å². The van der Waals surface area contributed by atoms with Gasteiger partial charge in [0.2, 0.25) is 0 Å². The zero-order chi connectivity index (χ0) is 8.97. The van der Waals surface area contributed by atoms with Crippen molar-refractivity contribution in [3.63, 3.8) is 0 Å². The van der Waals surface area contributed by atoms with Gasteiger partial charge in [-0.05, 0) is 12.1 Å². The molecule has 0 atom stereocenters. The molecule has 0 unspecified atom stereocenters. The maximum Gasteiger partial charge on any atom is 0.171 e. The highest BCUT2D eigenvalue weighted by atomic mass is 16.4. The smallest absolute Gasteiger partial charge is 0.171 e. The lowest BCUT2D eigenvalue weighted by atomic mass is 10.2. The van der Waals surface area contributed by atoms with Crippen molar-refractivity contribution in [3.8, 4) is 0 Å². The first-order valence-corrected chi connectivity index (χ1v) is 3.41. The Labute approximate surface area is 69.7 Å². The number of aromatic nitrogens is 1. The number of pyridine rings is 1. The minimum atomic E-state index is 0.0473. The summed E-state index contributed by atoms with van der Waals surface area (Å²) in [6.07, 6.45) is 1.51. The molecule has 0 aromatic carbocycles. The summed E-state index contributed by atoms with van der Waals surface area (Å²) < 4.78 is 0. The summed E-state index contributed by atoms with van der Waals surface area (Å²) in [5.41, 5.74) is 12.0. The normalized spacial score (nSPS) is 11.6. The molecule has 5 N–H and O–H groups in total. The number of hydrogen-bond donors (Lipinski definition) is 3. The molecule has 0 aliphatic heterocycles. The summed E-state index contributed by atoms with van der Waals surface area (Å²) in [7, 11) is 0. The van der Waals surface area contributed by atoms with Gasteiger partial charge in [0.1, 0.15) is 0 Å². The predicted molar refractivity (Wildman–Crippen MR) is 44.6 cm³/mol. The van der Waals surface area contributed by atoms with Gasteiger partial charge in [-0.3, -0.25) is 4.98 Å². The zero-order valence-corrected chi connectivity index (χ0v) is 6.44. The molecule has 1 aromatic heterocycles. The number of nitrogens with zero attached hydrogens (tertiary/aromatic N) is 2. The molecule has 1 aromatic rings. The van der Waals surface area contributed by atoms with Crippen LogP contribution in [-0.4, -0.2) is 16.0 Å². The zero-order valence-electron chi connectivity index (χ0n) is 6.44. The van der Waals surface area contributed by atoms with E-state index in [0.717, 1.165) is 5.69 Å². The van der Waals surface area contributed by atoms with Crippen LogP contribution < -0.4 is 11.5 Å². The van der Waals surface area contributed by atoms with Gasteiger partial charge in [0.15, 0.2) is 5.84 Å². The van der Waals surface area contributed by atoms with Crippen LogP contribution in [0.15, 0.2) is 23.5 Å². The van der Waals surface area contributed by atoms with E-state index in [0.29, 0.717) is 12.1 Å². The molecule has 0 amide bonds. The van der Waals surface area contributed by atoms with Crippen molar-refractivity contribution >= 4 is 5.84 Å². The van der Waals surface area contributed by atoms with E-state index in [4.69, 9.17) is 16.7 Å². The Bertz CT molecular complexity index is 280. The molecule has 64 valence electrons. The summed E-state index contributed by atoms with van der Waals surface area (Å²) in [5.74, 6) is 0.0473. The van der Waals surface area contributed by atoms with Crippen LogP contribution in [0.25, 0.3) is 0 Å². The van der Waals surface area contributed by atoms with Gasteiger partial charge in [-0.25, -0.2) is 0 Å². The molecule has 0 aliphatic rings. The third kappa shape index (κ3) is 1.70. The van der Waals surface area contributed by atoms with Gasteiger partial charge in [0, 0.05) is 18.3 Å². The van der Waals surface area contributed by atoms with Gasteiger partial charge in [-0.1, -0.05) is 5.16 Å². The van der Waals surface area contributed by atoms with Crippen LogP contribution >= 0.6 is 0 Å². The van der Waals surface area contributed by atoms with E-state index in [1.165, 1.54) is 6.20 Å². The second kappa shape index (κ2) is 3.68. The fourth-order valence-corrected chi connectivity index (χ4v) is 0.754. The third-order valence-corrected chi connectivity index (χ3v) is 1.44. The summed E-state index contributed by atoms with van der Waals surface area (Å²) in [5, 5.41) is 11.2. The monoisotopic (exact) mass is 166 g/mol. The molecule has 1 rings (SSSR count). The SMILES string of the molecule is NCc1ccc(/C(N)=N/O)cn1. The van der Waals surface area contributed by atoms with E-state index in [1.807, 2.05) is 0 Å². The maximum absolute atomic E-state index is 8.33. The molecule has 0 spiro atoms. The van der Waals surface area contributed by atoms with Crippen LogP contribution in [0, 0.1) is 0 Å². The Morgan fingerprint density at radius 3 is 2.75 bits per heavy atom. The molecular formula is C7H10N4O. The fraction of sp³-hybridized carbons (Fsp3) is 0.143. The molecule has 12 heavy (non-hydrogen) atoms. The highest BCUT2D eigenvalue weighted by Crippen LogP contribution is 1.98. The van der Waals surface area contributed by atoms with E-state index in [1.54, 1.807) is 12.1 Å². The lowest BCUT2D eigenvalue weighted by Crippen LogP contribution is -2.13. The van der Waals surface area contributed by atoms with Gasteiger partial charge >= 0.3 is 0 Å². The fourth-order valence-electron chi connectivity index (χ4n) is 0.754. The molecule has 0 saturated carbocycles. The second-order valence-electron chi connectivity index (χ2n) is 2.23. The van der Waals surface area contributed by atoms with Crippen molar-refractivity contribution in [2.45, 2.75) is 6.54 Å². The van der Waals surface area contributed by atoms with Crippen LogP contribution in [0.4, 0.5) is 0 Å². The van der Waals surface area contributed by atoms with Crippen molar-refractivity contribution in [3.05, 3.63) is 29.6 Å². The number of hydrogen-bond acceptors (Lipinski definition) is 4. The van der Waals surface area contributed by atoms with Gasteiger partial charge in [0.05, 0.1) is 5.69 Å². The van der Waals surface area contributed by atoms with Crippen molar-refractivity contribution < 1.29 is 5.21 Å². The van der Waals surface area contributed by atoms with Gasteiger partial charge in [-0.15, -0.1) is 0 Å². The Kier molecular flexibility index (Phi) is 2.60. The molecule has 0 fully saturated rings. The Hall–Kier alpha value is -1.62. The van der Waals surface area contributed by atoms with Gasteiger partial charge in [-0.2, -0.15) is 0 Å².